The number of sulfonamides is 1. The van der Waals surface area contributed by atoms with Crippen LogP contribution in [-0.2, 0) is 19.6 Å². The maximum Gasteiger partial charge on any atom is 0.338 e. The molecule has 0 spiro atoms. The summed E-state index contributed by atoms with van der Waals surface area (Å²) in [5.74, 6) is -0.936. The first-order valence-corrected chi connectivity index (χ1v) is 13.0. The molecule has 1 amide bonds. The fraction of sp³-hybridized carbons (Fsp3) is 0.440. The number of esters is 1. The molecule has 0 radical (unpaired) electrons. The Bertz CT molecular complexity index is 1110. The molecule has 9 heteroatoms. The number of anilines is 1. The van der Waals surface area contributed by atoms with Crippen LogP contribution in [-0.4, -0.2) is 51.5 Å². The van der Waals surface area contributed by atoms with Crippen molar-refractivity contribution < 1.29 is 27.5 Å². The predicted octanol–water partition coefficient (Wildman–Crippen LogP) is 4.14. The number of ether oxygens (including phenoxy) is 2. The lowest BCUT2D eigenvalue weighted by Crippen LogP contribution is -2.43. The molecule has 0 saturated heterocycles. The second kappa shape index (κ2) is 11.4. The smallest absolute Gasteiger partial charge is 0.338 e. The van der Waals surface area contributed by atoms with Crippen LogP contribution in [0, 0.1) is 6.92 Å². The lowest BCUT2D eigenvalue weighted by Gasteiger charge is -2.33. The van der Waals surface area contributed by atoms with Crippen LogP contribution in [0.15, 0.2) is 47.4 Å². The van der Waals surface area contributed by atoms with E-state index in [0.717, 1.165) is 31.2 Å². The highest BCUT2D eigenvalue weighted by Gasteiger charge is 2.26. The maximum atomic E-state index is 13.0. The van der Waals surface area contributed by atoms with Crippen molar-refractivity contribution in [2.45, 2.75) is 56.9 Å². The first-order chi connectivity index (χ1) is 16.2. The SMILES string of the molecule is CCN(C(=O)COC(=O)c1ccc(OC)c(S(=O)(=O)Nc2ccc(C)cc2)c1)C1CCCCC1. The van der Waals surface area contributed by atoms with Crippen LogP contribution in [0.2, 0.25) is 0 Å². The second-order valence-electron chi connectivity index (χ2n) is 8.38. The van der Waals surface area contributed by atoms with E-state index in [9.17, 15) is 18.0 Å². The number of nitrogens with one attached hydrogen (secondary N) is 1. The summed E-state index contributed by atoms with van der Waals surface area (Å²) in [6.07, 6.45) is 5.28. The van der Waals surface area contributed by atoms with E-state index in [1.54, 1.807) is 29.2 Å². The molecular weight excluding hydrogens is 456 g/mol. The molecule has 1 N–H and O–H groups in total. The van der Waals surface area contributed by atoms with Gasteiger partial charge in [-0.05, 0) is 57.0 Å². The Kier molecular flexibility index (Phi) is 8.55. The summed E-state index contributed by atoms with van der Waals surface area (Å²) in [5.41, 5.74) is 1.39. The van der Waals surface area contributed by atoms with Gasteiger partial charge in [0.25, 0.3) is 15.9 Å². The number of methoxy groups -OCH3 is 1. The number of benzene rings is 2. The summed E-state index contributed by atoms with van der Waals surface area (Å²) < 4.78 is 39.0. The quantitative estimate of drug-likeness (QED) is 0.532. The molecule has 1 aliphatic carbocycles. The third-order valence-corrected chi connectivity index (χ3v) is 7.40. The maximum absolute atomic E-state index is 13.0. The van der Waals surface area contributed by atoms with Gasteiger partial charge >= 0.3 is 5.97 Å². The van der Waals surface area contributed by atoms with Gasteiger partial charge in [0, 0.05) is 18.3 Å². The number of carbonyl (C=O) groups excluding carboxylic acids is 2. The van der Waals surface area contributed by atoms with Gasteiger partial charge in [0.2, 0.25) is 0 Å². The average molecular weight is 489 g/mol. The molecule has 1 saturated carbocycles. The van der Waals surface area contributed by atoms with Gasteiger partial charge in [-0.1, -0.05) is 37.0 Å². The summed E-state index contributed by atoms with van der Waals surface area (Å²) >= 11 is 0. The summed E-state index contributed by atoms with van der Waals surface area (Å²) in [4.78, 5) is 26.9. The van der Waals surface area contributed by atoms with Gasteiger partial charge in [-0.25, -0.2) is 13.2 Å². The standard InChI is InChI=1S/C25H32N2O6S/c1-4-27(21-8-6-5-7-9-21)24(28)17-33-25(29)19-12-15-22(32-3)23(16-19)34(30,31)26-20-13-10-18(2)11-14-20/h10-16,21,26H,4-9,17H2,1-3H3. The van der Waals surface area contributed by atoms with Gasteiger partial charge in [0.05, 0.1) is 12.7 Å². The van der Waals surface area contributed by atoms with E-state index in [-0.39, 0.29) is 34.8 Å². The summed E-state index contributed by atoms with van der Waals surface area (Å²) in [7, 11) is -2.70. The van der Waals surface area contributed by atoms with Crippen molar-refractivity contribution in [2.75, 3.05) is 25.0 Å². The lowest BCUT2D eigenvalue weighted by atomic mass is 9.94. The average Bonchev–Trinajstić information content (AvgIpc) is 2.84. The number of carbonyl (C=O) groups is 2. The third-order valence-electron chi connectivity index (χ3n) is 6.00. The number of rotatable bonds is 9. The highest BCUT2D eigenvalue weighted by molar-refractivity contribution is 7.92. The largest absolute Gasteiger partial charge is 0.495 e. The van der Waals surface area contributed by atoms with Crippen molar-refractivity contribution >= 4 is 27.6 Å². The second-order valence-corrected chi connectivity index (χ2v) is 10.0. The van der Waals surface area contributed by atoms with Gasteiger partial charge in [-0.3, -0.25) is 9.52 Å². The molecule has 0 unspecified atom stereocenters. The van der Waals surface area contributed by atoms with Crippen molar-refractivity contribution in [2.24, 2.45) is 0 Å². The van der Waals surface area contributed by atoms with E-state index < -0.39 is 16.0 Å². The molecule has 0 heterocycles. The van der Waals surface area contributed by atoms with E-state index in [1.165, 1.54) is 31.7 Å². The molecule has 2 aromatic carbocycles. The molecule has 1 fully saturated rings. The Hall–Kier alpha value is -3.07. The molecule has 2 aromatic rings. The third kappa shape index (κ3) is 6.28. The molecule has 0 aromatic heterocycles. The van der Waals surface area contributed by atoms with Gasteiger partial charge in [0.15, 0.2) is 6.61 Å². The molecule has 0 bridgehead atoms. The molecule has 184 valence electrons. The molecule has 0 atom stereocenters. The number of likely N-dealkylation sites (N-methyl/N-ethyl adjacent to an activating group) is 1. The highest BCUT2D eigenvalue weighted by Crippen LogP contribution is 2.28. The van der Waals surface area contributed by atoms with E-state index in [0.29, 0.717) is 12.2 Å². The Balaban J connectivity index is 1.73. The minimum atomic E-state index is -4.05. The Morgan fingerprint density at radius 2 is 1.74 bits per heavy atom. The van der Waals surface area contributed by atoms with Gasteiger partial charge in [0.1, 0.15) is 10.6 Å². The zero-order valence-electron chi connectivity index (χ0n) is 19.9. The fourth-order valence-electron chi connectivity index (χ4n) is 4.17. The predicted molar refractivity (Wildman–Crippen MR) is 130 cm³/mol. The van der Waals surface area contributed by atoms with E-state index >= 15 is 0 Å². The molecule has 1 aliphatic rings. The van der Waals surface area contributed by atoms with Crippen molar-refractivity contribution in [1.82, 2.24) is 4.90 Å². The number of amides is 1. The van der Waals surface area contributed by atoms with Crippen molar-refractivity contribution in [3.8, 4) is 5.75 Å². The van der Waals surface area contributed by atoms with Crippen LogP contribution < -0.4 is 9.46 Å². The van der Waals surface area contributed by atoms with Crippen molar-refractivity contribution in [3.05, 3.63) is 53.6 Å². The van der Waals surface area contributed by atoms with Crippen LogP contribution in [0.1, 0.15) is 54.9 Å². The zero-order valence-corrected chi connectivity index (χ0v) is 20.7. The van der Waals surface area contributed by atoms with E-state index in [2.05, 4.69) is 4.72 Å². The molecular formula is C25H32N2O6S. The van der Waals surface area contributed by atoms with Crippen LogP contribution in [0.25, 0.3) is 0 Å². The summed E-state index contributed by atoms with van der Waals surface area (Å²) in [6, 6.07) is 11.0. The first-order valence-electron chi connectivity index (χ1n) is 11.5. The van der Waals surface area contributed by atoms with Crippen molar-refractivity contribution in [1.29, 1.82) is 0 Å². The Morgan fingerprint density at radius 3 is 2.35 bits per heavy atom. The fourth-order valence-corrected chi connectivity index (χ4v) is 5.42. The van der Waals surface area contributed by atoms with Crippen LogP contribution in [0.3, 0.4) is 0 Å². The summed E-state index contributed by atoms with van der Waals surface area (Å²) in [5, 5.41) is 0. The zero-order chi connectivity index (χ0) is 24.7. The normalized spacial score (nSPS) is 14.3. The van der Waals surface area contributed by atoms with Crippen LogP contribution in [0.4, 0.5) is 5.69 Å². The van der Waals surface area contributed by atoms with Gasteiger partial charge in [-0.2, -0.15) is 0 Å². The number of hydrogen-bond acceptors (Lipinski definition) is 6. The van der Waals surface area contributed by atoms with Gasteiger partial charge < -0.3 is 14.4 Å². The molecule has 8 nitrogen and oxygen atoms in total. The summed E-state index contributed by atoms with van der Waals surface area (Å²) in [6.45, 7) is 3.97. The molecule has 0 aliphatic heterocycles. The minimum absolute atomic E-state index is 0.0126. The number of hydrogen-bond donors (Lipinski definition) is 1. The molecule has 3 rings (SSSR count). The topological polar surface area (TPSA) is 102 Å². The van der Waals surface area contributed by atoms with Crippen molar-refractivity contribution in [3.63, 3.8) is 0 Å². The Labute approximate surface area is 201 Å². The van der Waals surface area contributed by atoms with E-state index in [4.69, 9.17) is 9.47 Å². The lowest BCUT2D eigenvalue weighted by molar-refractivity contribution is -0.137. The minimum Gasteiger partial charge on any atom is -0.495 e. The first kappa shape index (κ1) is 25.6. The van der Waals surface area contributed by atoms with E-state index in [1.807, 2.05) is 13.8 Å². The monoisotopic (exact) mass is 488 g/mol. The number of nitrogens with zero attached hydrogens (tertiary/aromatic N) is 1. The van der Waals surface area contributed by atoms with Crippen LogP contribution in [0.5, 0.6) is 5.75 Å². The highest BCUT2D eigenvalue weighted by atomic mass is 32.2. The number of aryl methyl sites for hydroxylation is 1. The molecule has 34 heavy (non-hydrogen) atoms. The van der Waals surface area contributed by atoms with Gasteiger partial charge in [-0.15, -0.1) is 0 Å². The Morgan fingerprint density at radius 1 is 1.06 bits per heavy atom. The van der Waals surface area contributed by atoms with Crippen LogP contribution >= 0.6 is 0 Å².